The van der Waals surface area contributed by atoms with E-state index in [0.717, 1.165) is 0 Å². The Morgan fingerprint density at radius 1 is 1.30 bits per heavy atom. The minimum atomic E-state index is -0.541. The summed E-state index contributed by atoms with van der Waals surface area (Å²) in [4.78, 5) is 23.6. The number of hydrogen-bond donors (Lipinski definition) is 2. The second kappa shape index (κ2) is 11.0. The zero-order valence-electron chi connectivity index (χ0n) is 13.4. The topological polar surface area (TPSA) is 81.4 Å². The quantitative estimate of drug-likeness (QED) is 0.708. The van der Waals surface area contributed by atoms with E-state index in [0.29, 0.717) is 12.0 Å². The molecule has 0 heterocycles. The summed E-state index contributed by atoms with van der Waals surface area (Å²) in [6, 6.07) is 5.07. The lowest BCUT2D eigenvalue weighted by Crippen LogP contribution is -2.31. The number of amides is 1. The van der Waals surface area contributed by atoms with Crippen LogP contribution in [0, 0.1) is 5.82 Å². The zero-order chi connectivity index (χ0) is 16.5. The molecule has 1 amide bonds. The zero-order valence-corrected chi connectivity index (χ0v) is 14.2. The first-order chi connectivity index (χ1) is 10.4. The third-order valence-corrected chi connectivity index (χ3v) is 3.11. The Morgan fingerprint density at radius 3 is 2.43 bits per heavy atom. The number of esters is 1. The number of nitrogens with two attached hydrogens (primary N) is 1. The van der Waals surface area contributed by atoms with E-state index in [2.05, 4.69) is 5.32 Å². The molecule has 0 saturated carbocycles. The average Bonchev–Trinajstić information content (AvgIpc) is 2.45. The van der Waals surface area contributed by atoms with Crippen LogP contribution < -0.4 is 11.1 Å². The minimum absolute atomic E-state index is 0. The number of hydrogen-bond acceptors (Lipinski definition) is 4. The second-order valence-corrected chi connectivity index (χ2v) is 5.20. The van der Waals surface area contributed by atoms with Gasteiger partial charge >= 0.3 is 5.97 Å². The molecular formula is C16H24ClFN2O3. The Labute approximate surface area is 142 Å². The van der Waals surface area contributed by atoms with Gasteiger partial charge in [0.1, 0.15) is 5.82 Å². The molecule has 1 aromatic carbocycles. The molecule has 5 nitrogen and oxygen atoms in total. The molecule has 1 aromatic rings. The van der Waals surface area contributed by atoms with Crippen LogP contribution in [-0.4, -0.2) is 24.5 Å². The maximum absolute atomic E-state index is 13.0. The summed E-state index contributed by atoms with van der Waals surface area (Å²) in [6.07, 6.45) is 0.836. The van der Waals surface area contributed by atoms with Gasteiger partial charge in [0, 0.05) is 12.5 Å². The van der Waals surface area contributed by atoms with Crippen LogP contribution in [-0.2, 0) is 14.3 Å². The van der Waals surface area contributed by atoms with E-state index in [-0.39, 0.29) is 49.6 Å². The van der Waals surface area contributed by atoms with Gasteiger partial charge in [-0.3, -0.25) is 9.59 Å². The Hall–Kier alpha value is -1.66. The van der Waals surface area contributed by atoms with Crippen molar-refractivity contribution >= 4 is 24.3 Å². The van der Waals surface area contributed by atoms with Crippen LogP contribution in [0.2, 0.25) is 0 Å². The molecular weight excluding hydrogens is 323 g/mol. The van der Waals surface area contributed by atoms with Crippen molar-refractivity contribution < 1.29 is 18.7 Å². The van der Waals surface area contributed by atoms with Gasteiger partial charge in [0.15, 0.2) is 0 Å². The summed E-state index contributed by atoms with van der Waals surface area (Å²) in [5.41, 5.74) is 6.28. The summed E-state index contributed by atoms with van der Waals surface area (Å²) in [6.45, 7) is 3.81. The van der Waals surface area contributed by atoms with E-state index < -0.39 is 12.0 Å². The smallest absolute Gasteiger partial charge is 0.308 e. The molecule has 0 aliphatic carbocycles. The molecule has 23 heavy (non-hydrogen) atoms. The van der Waals surface area contributed by atoms with Gasteiger partial charge in [0.25, 0.3) is 0 Å². The van der Waals surface area contributed by atoms with Gasteiger partial charge in [0.2, 0.25) is 5.91 Å². The van der Waals surface area contributed by atoms with Crippen LogP contribution in [0.15, 0.2) is 24.3 Å². The highest BCUT2D eigenvalue weighted by molar-refractivity contribution is 5.85. The Bertz CT molecular complexity index is 495. The number of carbonyl (C=O) groups excluding carboxylic acids is 2. The first kappa shape index (κ1) is 21.3. The Morgan fingerprint density at radius 2 is 1.91 bits per heavy atom. The van der Waals surface area contributed by atoms with E-state index in [1.165, 1.54) is 12.1 Å². The van der Waals surface area contributed by atoms with Crippen molar-refractivity contribution in [3.63, 3.8) is 0 Å². The lowest BCUT2D eigenvalue weighted by molar-refractivity contribution is -0.143. The van der Waals surface area contributed by atoms with Gasteiger partial charge in [-0.2, -0.15) is 0 Å². The molecule has 0 radical (unpaired) electrons. The standard InChI is InChI=1S/C16H23FN2O3.ClH/c1-3-22-16(21)10-14(12-5-7-13(17)8-6-12)19-15(20)9-4-11(2)18;/h5-8,11,14H,3-4,9-10,18H2,1-2H3,(H,19,20);1H. The highest BCUT2D eigenvalue weighted by atomic mass is 35.5. The minimum Gasteiger partial charge on any atom is -0.466 e. The normalized spacial score (nSPS) is 12.7. The molecule has 3 N–H and O–H groups in total. The second-order valence-electron chi connectivity index (χ2n) is 5.20. The van der Waals surface area contributed by atoms with Gasteiger partial charge < -0.3 is 15.8 Å². The molecule has 0 spiro atoms. The van der Waals surface area contributed by atoms with Crippen molar-refractivity contribution in [2.45, 2.75) is 45.2 Å². The van der Waals surface area contributed by atoms with Crippen molar-refractivity contribution in [1.29, 1.82) is 0 Å². The van der Waals surface area contributed by atoms with Crippen molar-refractivity contribution in [2.75, 3.05) is 6.61 Å². The van der Waals surface area contributed by atoms with Gasteiger partial charge in [-0.15, -0.1) is 12.4 Å². The fourth-order valence-electron chi connectivity index (χ4n) is 1.96. The molecule has 0 aliphatic rings. The maximum Gasteiger partial charge on any atom is 0.308 e. The summed E-state index contributed by atoms with van der Waals surface area (Å²) in [5.74, 6) is -0.984. The van der Waals surface area contributed by atoms with Crippen molar-refractivity contribution in [1.82, 2.24) is 5.32 Å². The SMILES string of the molecule is CCOC(=O)CC(NC(=O)CCC(C)N)c1ccc(F)cc1.Cl. The lowest BCUT2D eigenvalue weighted by atomic mass is 10.0. The first-order valence-corrected chi connectivity index (χ1v) is 7.38. The van der Waals surface area contributed by atoms with Crippen molar-refractivity contribution in [2.24, 2.45) is 5.73 Å². The average molecular weight is 347 g/mol. The van der Waals surface area contributed by atoms with Gasteiger partial charge in [-0.25, -0.2) is 4.39 Å². The number of nitrogens with one attached hydrogen (secondary N) is 1. The number of carbonyl (C=O) groups is 2. The third kappa shape index (κ3) is 8.52. The van der Waals surface area contributed by atoms with E-state index in [1.807, 2.05) is 6.92 Å². The number of rotatable bonds is 8. The van der Waals surface area contributed by atoms with Crippen LogP contribution in [0.3, 0.4) is 0 Å². The van der Waals surface area contributed by atoms with Crippen LogP contribution in [0.5, 0.6) is 0 Å². The summed E-state index contributed by atoms with van der Waals surface area (Å²) in [5, 5.41) is 2.78. The molecule has 2 unspecified atom stereocenters. The molecule has 0 saturated heterocycles. The van der Waals surface area contributed by atoms with E-state index >= 15 is 0 Å². The van der Waals surface area contributed by atoms with E-state index in [1.54, 1.807) is 19.1 Å². The Kier molecular flexibility index (Phi) is 10.2. The molecule has 130 valence electrons. The van der Waals surface area contributed by atoms with Crippen molar-refractivity contribution in [3.05, 3.63) is 35.6 Å². The molecule has 0 fully saturated rings. The molecule has 2 atom stereocenters. The number of benzene rings is 1. The highest BCUT2D eigenvalue weighted by Gasteiger charge is 2.19. The molecule has 7 heteroatoms. The van der Waals surface area contributed by atoms with Crippen LogP contribution in [0.1, 0.15) is 44.7 Å². The van der Waals surface area contributed by atoms with Gasteiger partial charge in [-0.1, -0.05) is 12.1 Å². The number of halogens is 2. The first-order valence-electron chi connectivity index (χ1n) is 7.38. The predicted molar refractivity (Wildman–Crippen MR) is 88.7 cm³/mol. The van der Waals surface area contributed by atoms with Crippen LogP contribution >= 0.6 is 12.4 Å². The predicted octanol–water partition coefficient (Wildman–Crippen LogP) is 2.49. The van der Waals surface area contributed by atoms with Crippen LogP contribution in [0.4, 0.5) is 4.39 Å². The Balaban J connectivity index is 0.00000484. The van der Waals surface area contributed by atoms with Crippen LogP contribution in [0.25, 0.3) is 0 Å². The molecule has 0 aliphatic heterocycles. The van der Waals surface area contributed by atoms with Gasteiger partial charge in [-0.05, 0) is 38.0 Å². The summed E-state index contributed by atoms with van der Waals surface area (Å²) in [7, 11) is 0. The summed E-state index contributed by atoms with van der Waals surface area (Å²) < 4.78 is 17.9. The molecule has 0 aromatic heterocycles. The monoisotopic (exact) mass is 346 g/mol. The highest BCUT2D eigenvalue weighted by Crippen LogP contribution is 2.18. The van der Waals surface area contributed by atoms with Crippen molar-refractivity contribution in [3.8, 4) is 0 Å². The summed E-state index contributed by atoms with van der Waals surface area (Å²) >= 11 is 0. The molecule has 1 rings (SSSR count). The van der Waals surface area contributed by atoms with E-state index in [9.17, 15) is 14.0 Å². The largest absolute Gasteiger partial charge is 0.466 e. The third-order valence-electron chi connectivity index (χ3n) is 3.11. The van der Waals surface area contributed by atoms with E-state index in [4.69, 9.17) is 10.5 Å². The number of ether oxygens (including phenoxy) is 1. The maximum atomic E-state index is 13.0. The fourth-order valence-corrected chi connectivity index (χ4v) is 1.96. The fraction of sp³-hybridized carbons (Fsp3) is 0.500. The van der Waals surface area contributed by atoms with Gasteiger partial charge in [0.05, 0.1) is 19.1 Å². The lowest BCUT2D eigenvalue weighted by Gasteiger charge is -2.19. The molecule has 0 bridgehead atoms.